The van der Waals surface area contributed by atoms with E-state index in [0.29, 0.717) is 29.6 Å². The molecule has 2 N–H and O–H groups in total. The number of likely N-dealkylation sites (tertiary alicyclic amines) is 1. The van der Waals surface area contributed by atoms with Gasteiger partial charge in [-0.25, -0.2) is 0 Å². The number of aromatic nitrogens is 1. The number of aliphatic hydroxyl groups is 1. The molecule has 0 unspecified atom stereocenters. The quantitative estimate of drug-likeness (QED) is 0.864. The van der Waals surface area contributed by atoms with Crippen molar-refractivity contribution in [3.8, 4) is 11.3 Å². The lowest BCUT2D eigenvalue weighted by Gasteiger charge is -2.29. The van der Waals surface area contributed by atoms with Gasteiger partial charge in [-0.3, -0.25) is 9.69 Å². The first-order chi connectivity index (χ1) is 11.6. The van der Waals surface area contributed by atoms with Crippen molar-refractivity contribution in [3.05, 3.63) is 41.0 Å². The standard InChI is InChI=1S/C17H20ClN3O3/c18-15-6-2-1-5-14(15)16-8-12(20-24-16)9-19-17(23)11-21-7-3-4-13(22)10-21/h1-2,5-6,8,13,22H,3-4,7,9-11H2,(H,19,23)/t13-/m1/s1. The number of carbonyl (C=O) groups is 1. The predicted molar refractivity (Wildman–Crippen MR) is 90.5 cm³/mol. The van der Waals surface area contributed by atoms with Gasteiger partial charge in [0.15, 0.2) is 5.76 Å². The molecule has 1 amide bonds. The first-order valence-electron chi connectivity index (χ1n) is 7.99. The van der Waals surface area contributed by atoms with Gasteiger partial charge in [-0.15, -0.1) is 0 Å². The van der Waals surface area contributed by atoms with Crippen LogP contribution in [0.5, 0.6) is 0 Å². The molecule has 1 aliphatic rings. The second-order valence-electron chi connectivity index (χ2n) is 5.97. The third-order valence-corrected chi connectivity index (χ3v) is 4.34. The van der Waals surface area contributed by atoms with Gasteiger partial charge in [-0.1, -0.05) is 28.9 Å². The van der Waals surface area contributed by atoms with Crippen molar-refractivity contribution in [2.24, 2.45) is 0 Å². The highest BCUT2D eigenvalue weighted by Gasteiger charge is 2.19. The molecule has 2 aromatic rings. The summed E-state index contributed by atoms with van der Waals surface area (Å²) < 4.78 is 5.30. The molecule has 0 aliphatic carbocycles. The molecule has 1 aromatic heterocycles. The number of rotatable bonds is 5. The van der Waals surface area contributed by atoms with Crippen molar-refractivity contribution >= 4 is 17.5 Å². The highest BCUT2D eigenvalue weighted by Crippen LogP contribution is 2.27. The Labute approximate surface area is 145 Å². The lowest BCUT2D eigenvalue weighted by Crippen LogP contribution is -2.44. The Kier molecular flexibility index (Phi) is 5.50. The fourth-order valence-electron chi connectivity index (χ4n) is 2.81. The zero-order valence-electron chi connectivity index (χ0n) is 13.2. The van der Waals surface area contributed by atoms with Crippen LogP contribution in [-0.4, -0.2) is 46.8 Å². The number of nitrogens with one attached hydrogen (secondary N) is 1. The summed E-state index contributed by atoms with van der Waals surface area (Å²) in [7, 11) is 0. The Morgan fingerprint density at radius 1 is 1.46 bits per heavy atom. The van der Waals surface area contributed by atoms with E-state index in [4.69, 9.17) is 16.1 Å². The Hall–Kier alpha value is -1.89. The van der Waals surface area contributed by atoms with Crippen LogP contribution in [0.4, 0.5) is 0 Å². The fourth-order valence-corrected chi connectivity index (χ4v) is 3.03. The molecule has 0 spiro atoms. The molecule has 7 heteroatoms. The second-order valence-corrected chi connectivity index (χ2v) is 6.38. The largest absolute Gasteiger partial charge is 0.392 e. The molecule has 1 saturated heterocycles. The smallest absolute Gasteiger partial charge is 0.234 e. The third-order valence-electron chi connectivity index (χ3n) is 4.01. The molecule has 0 bridgehead atoms. The SMILES string of the molecule is O=C(CN1CCC[C@@H](O)C1)NCc1cc(-c2ccccc2Cl)on1. The highest BCUT2D eigenvalue weighted by molar-refractivity contribution is 6.33. The first kappa shape index (κ1) is 17.0. The summed E-state index contributed by atoms with van der Waals surface area (Å²) in [4.78, 5) is 14.0. The van der Waals surface area contributed by atoms with Crippen molar-refractivity contribution in [3.63, 3.8) is 0 Å². The zero-order valence-corrected chi connectivity index (χ0v) is 14.0. The number of piperidine rings is 1. The lowest BCUT2D eigenvalue weighted by molar-refractivity contribution is -0.123. The molecule has 2 heterocycles. The average molecular weight is 350 g/mol. The number of benzene rings is 1. The lowest BCUT2D eigenvalue weighted by atomic mass is 10.1. The van der Waals surface area contributed by atoms with Gasteiger partial charge in [0.2, 0.25) is 5.91 Å². The molecule has 24 heavy (non-hydrogen) atoms. The topological polar surface area (TPSA) is 78.6 Å². The van der Waals surface area contributed by atoms with E-state index in [1.54, 1.807) is 12.1 Å². The van der Waals surface area contributed by atoms with Crippen LogP contribution in [0.25, 0.3) is 11.3 Å². The number of halogens is 1. The molecule has 1 fully saturated rings. The summed E-state index contributed by atoms with van der Waals surface area (Å²) in [5, 5.41) is 17.0. The van der Waals surface area contributed by atoms with E-state index < -0.39 is 0 Å². The van der Waals surface area contributed by atoms with E-state index in [0.717, 1.165) is 24.9 Å². The monoisotopic (exact) mass is 349 g/mol. The Bertz CT molecular complexity index is 704. The average Bonchev–Trinajstić information content (AvgIpc) is 3.02. The predicted octanol–water partition coefficient (Wildman–Crippen LogP) is 2.07. The summed E-state index contributed by atoms with van der Waals surface area (Å²) >= 11 is 6.13. The zero-order chi connectivity index (χ0) is 16.9. The van der Waals surface area contributed by atoms with Crippen molar-refractivity contribution in [1.82, 2.24) is 15.4 Å². The van der Waals surface area contributed by atoms with E-state index in [-0.39, 0.29) is 18.6 Å². The molecular formula is C17H20ClN3O3. The number of amides is 1. The summed E-state index contributed by atoms with van der Waals surface area (Å²) in [5.74, 6) is 0.482. The van der Waals surface area contributed by atoms with Gasteiger partial charge < -0.3 is 14.9 Å². The van der Waals surface area contributed by atoms with Crippen molar-refractivity contribution < 1.29 is 14.4 Å². The minimum absolute atomic E-state index is 0.0913. The molecular weight excluding hydrogens is 330 g/mol. The second kappa shape index (κ2) is 7.79. The highest BCUT2D eigenvalue weighted by atomic mass is 35.5. The molecule has 1 aromatic carbocycles. The van der Waals surface area contributed by atoms with Crippen LogP contribution in [0, 0.1) is 0 Å². The maximum atomic E-state index is 12.0. The molecule has 6 nitrogen and oxygen atoms in total. The summed E-state index contributed by atoms with van der Waals surface area (Å²) in [6, 6.07) is 9.13. The first-order valence-corrected chi connectivity index (χ1v) is 8.37. The molecule has 3 rings (SSSR count). The molecule has 0 radical (unpaired) electrons. The Balaban J connectivity index is 1.52. The van der Waals surface area contributed by atoms with Crippen LogP contribution >= 0.6 is 11.6 Å². The molecule has 1 atom stereocenters. The van der Waals surface area contributed by atoms with Crippen LogP contribution < -0.4 is 5.32 Å². The normalized spacial score (nSPS) is 18.5. The molecule has 128 valence electrons. The van der Waals surface area contributed by atoms with Crippen molar-refractivity contribution in [2.45, 2.75) is 25.5 Å². The maximum Gasteiger partial charge on any atom is 0.234 e. The summed E-state index contributed by atoms with van der Waals surface area (Å²) in [6.07, 6.45) is 1.39. The summed E-state index contributed by atoms with van der Waals surface area (Å²) in [6.45, 7) is 1.97. The van der Waals surface area contributed by atoms with Crippen LogP contribution in [0.15, 0.2) is 34.9 Å². The number of nitrogens with zero attached hydrogens (tertiary/aromatic N) is 2. The number of hydrogen-bond donors (Lipinski definition) is 2. The number of aliphatic hydroxyl groups excluding tert-OH is 1. The van der Waals surface area contributed by atoms with Gasteiger partial charge >= 0.3 is 0 Å². The van der Waals surface area contributed by atoms with Crippen LogP contribution in [-0.2, 0) is 11.3 Å². The van der Waals surface area contributed by atoms with Gasteiger partial charge in [0.25, 0.3) is 0 Å². The molecule has 0 saturated carbocycles. The Morgan fingerprint density at radius 2 is 2.29 bits per heavy atom. The van der Waals surface area contributed by atoms with Gasteiger partial charge in [0, 0.05) is 18.2 Å². The van der Waals surface area contributed by atoms with Crippen LogP contribution in [0.2, 0.25) is 5.02 Å². The number of carbonyl (C=O) groups excluding carboxylic acids is 1. The van der Waals surface area contributed by atoms with Gasteiger partial charge in [0.1, 0.15) is 5.69 Å². The minimum Gasteiger partial charge on any atom is -0.392 e. The minimum atomic E-state index is -0.333. The van der Waals surface area contributed by atoms with E-state index in [9.17, 15) is 9.90 Å². The maximum absolute atomic E-state index is 12.0. The van der Waals surface area contributed by atoms with Gasteiger partial charge in [-0.2, -0.15) is 0 Å². The van der Waals surface area contributed by atoms with E-state index in [2.05, 4.69) is 10.5 Å². The van der Waals surface area contributed by atoms with Crippen LogP contribution in [0.1, 0.15) is 18.5 Å². The Morgan fingerprint density at radius 3 is 3.08 bits per heavy atom. The fraction of sp³-hybridized carbons (Fsp3) is 0.412. The molecule has 1 aliphatic heterocycles. The van der Waals surface area contributed by atoms with Crippen molar-refractivity contribution in [2.75, 3.05) is 19.6 Å². The van der Waals surface area contributed by atoms with Gasteiger partial charge in [0.05, 0.1) is 24.2 Å². The third kappa shape index (κ3) is 4.35. The van der Waals surface area contributed by atoms with E-state index in [1.807, 2.05) is 23.1 Å². The number of hydrogen-bond acceptors (Lipinski definition) is 5. The number of β-amino-alcohol motifs (C(OH)–C–C–N with tert-alkyl or cyclic N) is 1. The summed E-state index contributed by atoms with van der Waals surface area (Å²) in [5.41, 5.74) is 1.41. The van der Waals surface area contributed by atoms with E-state index >= 15 is 0 Å². The van der Waals surface area contributed by atoms with Crippen molar-refractivity contribution in [1.29, 1.82) is 0 Å². The van der Waals surface area contributed by atoms with Gasteiger partial charge in [-0.05, 0) is 31.5 Å². The van der Waals surface area contributed by atoms with Crippen LogP contribution in [0.3, 0.4) is 0 Å². The van der Waals surface area contributed by atoms with E-state index in [1.165, 1.54) is 0 Å².